The number of aromatic nitrogens is 1. The molecule has 0 saturated carbocycles. The van der Waals surface area contributed by atoms with Crippen LogP contribution in [0.15, 0.2) is 36.7 Å². The second-order valence-corrected chi connectivity index (χ2v) is 5.28. The van der Waals surface area contributed by atoms with Gasteiger partial charge in [-0.15, -0.1) is 0 Å². The number of nitrogens with zero attached hydrogens (tertiary/aromatic N) is 2. The van der Waals surface area contributed by atoms with Crippen LogP contribution in [-0.2, 0) is 0 Å². The number of pyridine rings is 1. The third-order valence-electron chi connectivity index (χ3n) is 3.97. The first-order valence-corrected chi connectivity index (χ1v) is 7.17. The van der Waals surface area contributed by atoms with Gasteiger partial charge in [-0.1, -0.05) is 19.1 Å². The standard InChI is InChI=1S/C16H21N3/c1-2-17-10-13-7-9-19(12-13)16-5-3-4-14-11-18-8-6-15(14)16/h3-6,8,11,13,17H,2,7,9-10,12H2,1H3. The smallest absolute Gasteiger partial charge is 0.0447 e. The summed E-state index contributed by atoms with van der Waals surface area (Å²) in [5.74, 6) is 0.775. The van der Waals surface area contributed by atoms with Crippen molar-refractivity contribution in [2.24, 2.45) is 5.92 Å². The molecule has 2 aromatic rings. The van der Waals surface area contributed by atoms with Gasteiger partial charge in [0, 0.05) is 41.9 Å². The first-order chi connectivity index (χ1) is 9.38. The van der Waals surface area contributed by atoms with E-state index in [0.29, 0.717) is 0 Å². The zero-order chi connectivity index (χ0) is 13.1. The van der Waals surface area contributed by atoms with E-state index in [0.717, 1.165) is 32.1 Å². The van der Waals surface area contributed by atoms with Crippen LogP contribution in [0.3, 0.4) is 0 Å². The summed E-state index contributed by atoms with van der Waals surface area (Å²) in [6.45, 7) is 6.70. The Labute approximate surface area is 114 Å². The van der Waals surface area contributed by atoms with Gasteiger partial charge in [0.1, 0.15) is 0 Å². The highest BCUT2D eigenvalue weighted by atomic mass is 15.2. The largest absolute Gasteiger partial charge is 0.371 e. The van der Waals surface area contributed by atoms with Gasteiger partial charge >= 0.3 is 0 Å². The predicted molar refractivity (Wildman–Crippen MR) is 80.6 cm³/mol. The Kier molecular flexibility index (Phi) is 3.65. The maximum absolute atomic E-state index is 4.21. The first-order valence-electron chi connectivity index (χ1n) is 7.17. The van der Waals surface area contributed by atoms with E-state index >= 15 is 0 Å². The van der Waals surface area contributed by atoms with Crippen LogP contribution in [0, 0.1) is 5.92 Å². The highest BCUT2D eigenvalue weighted by molar-refractivity contribution is 5.93. The van der Waals surface area contributed by atoms with Crippen molar-refractivity contribution in [2.45, 2.75) is 13.3 Å². The monoisotopic (exact) mass is 255 g/mol. The summed E-state index contributed by atoms with van der Waals surface area (Å²) in [5.41, 5.74) is 1.36. The van der Waals surface area contributed by atoms with Crippen LogP contribution in [0.1, 0.15) is 13.3 Å². The Morgan fingerprint density at radius 1 is 1.37 bits per heavy atom. The molecule has 1 N–H and O–H groups in total. The van der Waals surface area contributed by atoms with Crippen molar-refractivity contribution in [1.29, 1.82) is 0 Å². The molecule has 0 amide bonds. The topological polar surface area (TPSA) is 28.2 Å². The molecule has 1 fully saturated rings. The van der Waals surface area contributed by atoms with Gasteiger partial charge in [-0.2, -0.15) is 0 Å². The summed E-state index contributed by atoms with van der Waals surface area (Å²) in [6, 6.07) is 8.63. The lowest BCUT2D eigenvalue weighted by Gasteiger charge is -2.20. The van der Waals surface area contributed by atoms with Crippen molar-refractivity contribution in [3.63, 3.8) is 0 Å². The minimum atomic E-state index is 0.775. The van der Waals surface area contributed by atoms with Gasteiger partial charge in [0.2, 0.25) is 0 Å². The third-order valence-corrected chi connectivity index (χ3v) is 3.97. The minimum Gasteiger partial charge on any atom is -0.371 e. The van der Waals surface area contributed by atoms with E-state index in [9.17, 15) is 0 Å². The van der Waals surface area contributed by atoms with Crippen LogP contribution >= 0.6 is 0 Å². The third kappa shape index (κ3) is 2.56. The van der Waals surface area contributed by atoms with E-state index in [2.05, 4.69) is 46.4 Å². The van der Waals surface area contributed by atoms with E-state index < -0.39 is 0 Å². The lowest BCUT2D eigenvalue weighted by molar-refractivity contribution is 0.528. The van der Waals surface area contributed by atoms with Gasteiger partial charge < -0.3 is 10.2 Å². The quantitative estimate of drug-likeness (QED) is 0.910. The van der Waals surface area contributed by atoms with Crippen LogP contribution in [0.2, 0.25) is 0 Å². The zero-order valence-electron chi connectivity index (χ0n) is 11.5. The molecule has 1 aliphatic heterocycles. The van der Waals surface area contributed by atoms with E-state index in [-0.39, 0.29) is 0 Å². The molecule has 1 aromatic heterocycles. The van der Waals surface area contributed by atoms with Gasteiger partial charge in [0.05, 0.1) is 0 Å². The van der Waals surface area contributed by atoms with Gasteiger partial charge in [0.15, 0.2) is 0 Å². The molecule has 19 heavy (non-hydrogen) atoms. The number of fused-ring (bicyclic) bond motifs is 1. The van der Waals surface area contributed by atoms with Crippen molar-refractivity contribution >= 4 is 16.5 Å². The number of anilines is 1. The molecule has 1 aliphatic rings. The Morgan fingerprint density at radius 2 is 2.32 bits per heavy atom. The van der Waals surface area contributed by atoms with Gasteiger partial charge in [-0.3, -0.25) is 4.98 Å². The summed E-state index contributed by atoms with van der Waals surface area (Å²) in [7, 11) is 0. The molecule has 1 atom stereocenters. The zero-order valence-corrected chi connectivity index (χ0v) is 11.5. The van der Waals surface area contributed by atoms with Crippen LogP contribution in [-0.4, -0.2) is 31.2 Å². The number of hydrogen-bond acceptors (Lipinski definition) is 3. The molecule has 3 rings (SSSR count). The van der Waals surface area contributed by atoms with Gasteiger partial charge in [-0.25, -0.2) is 0 Å². The number of benzene rings is 1. The Hall–Kier alpha value is -1.61. The van der Waals surface area contributed by atoms with E-state index in [1.165, 1.54) is 22.9 Å². The molecule has 0 bridgehead atoms. The normalized spacial score (nSPS) is 19.2. The lowest BCUT2D eigenvalue weighted by atomic mass is 10.1. The predicted octanol–water partition coefficient (Wildman–Crippen LogP) is 2.67. The molecular formula is C16H21N3. The Bertz CT molecular complexity index is 547. The molecule has 2 heterocycles. The molecule has 1 aromatic carbocycles. The summed E-state index contributed by atoms with van der Waals surface area (Å²) >= 11 is 0. The molecule has 1 saturated heterocycles. The van der Waals surface area contributed by atoms with Crippen molar-refractivity contribution < 1.29 is 0 Å². The lowest BCUT2D eigenvalue weighted by Crippen LogP contribution is -2.26. The van der Waals surface area contributed by atoms with Crippen molar-refractivity contribution in [1.82, 2.24) is 10.3 Å². The fourth-order valence-electron chi connectivity index (χ4n) is 2.95. The molecule has 1 unspecified atom stereocenters. The number of nitrogens with one attached hydrogen (secondary N) is 1. The maximum Gasteiger partial charge on any atom is 0.0447 e. The molecule has 100 valence electrons. The Morgan fingerprint density at radius 3 is 3.21 bits per heavy atom. The SMILES string of the molecule is CCNCC1CCN(c2cccc3cnccc23)C1. The average molecular weight is 255 g/mol. The average Bonchev–Trinajstić information content (AvgIpc) is 2.93. The number of rotatable bonds is 4. The summed E-state index contributed by atoms with van der Waals surface area (Å²) < 4.78 is 0. The van der Waals surface area contributed by atoms with Crippen LogP contribution in [0.4, 0.5) is 5.69 Å². The molecule has 0 radical (unpaired) electrons. The van der Waals surface area contributed by atoms with Gasteiger partial charge in [0.25, 0.3) is 0 Å². The number of hydrogen-bond donors (Lipinski definition) is 1. The Balaban J connectivity index is 1.82. The highest BCUT2D eigenvalue weighted by Gasteiger charge is 2.23. The molecule has 3 heteroatoms. The van der Waals surface area contributed by atoms with Crippen LogP contribution in [0.25, 0.3) is 10.8 Å². The van der Waals surface area contributed by atoms with Crippen molar-refractivity contribution in [3.8, 4) is 0 Å². The second-order valence-electron chi connectivity index (χ2n) is 5.28. The first kappa shape index (κ1) is 12.4. The van der Waals surface area contributed by atoms with Gasteiger partial charge in [-0.05, 0) is 37.6 Å². The molecular weight excluding hydrogens is 234 g/mol. The fourth-order valence-corrected chi connectivity index (χ4v) is 2.95. The minimum absolute atomic E-state index is 0.775. The molecule has 0 aliphatic carbocycles. The highest BCUT2D eigenvalue weighted by Crippen LogP contribution is 2.30. The van der Waals surface area contributed by atoms with Crippen LogP contribution < -0.4 is 10.2 Å². The van der Waals surface area contributed by atoms with E-state index in [1.807, 2.05) is 12.4 Å². The van der Waals surface area contributed by atoms with Crippen LogP contribution in [0.5, 0.6) is 0 Å². The van der Waals surface area contributed by atoms with E-state index in [1.54, 1.807) is 0 Å². The van der Waals surface area contributed by atoms with E-state index in [4.69, 9.17) is 0 Å². The molecule has 0 spiro atoms. The maximum atomic E-state index is 4.21. The van der Waals surface area contributed by atoms with Crippen molar-refractivity contribution in [2.75, 3.05) is 31.1 Å². The van der Waals surface area contributed by atoms with Crippen molar-refractivity contribution in [3.05, 3.63) is 36.7 Å². The summed E-state index contributed by atoms with van der Waals surface area (Å²) in [6.07, 6.45) is 5.12. The fraction of sp³-hybridized carbons (Fsp3) is 0.438. The summed E-state index contributed by atoms with van der Waals surface area (Å²) in [5, 5.41) is 6.02. The second kappa shape index (κ2) is 5.57. The summed E-state index contributed by atoms with van der Waals surface area (Å²) in [4.78, 5) is 6.73. The molecule has 3 nitrogen and oxygen atoms in total.